The molecule has 2 aliphatic heterocycles. The van der Waals surface area contributed by atoms with Crippen LogP contribution in [0.1, 0.15) is 0 Å². The molecule has 1 atom stereocenters. The first kappa shape index (κ1) is 4.61. The van der Waals surface area contributed by atoms with E-state index in [9.17, 15) is 0 Å². The molecule has 2 heterocycles. The molecule has 0 aliphatic carbocycles. The Hall–Kier alpha value is -1.25. The summed E-state index contributed by atoms with van der Waals surface area (Å²) in [5, 5.41) is 0. The molecule has 0 fully saturated rings. The normalized spacial score (nSPS) is 28.4. The molecule has 9 heavy (non-hydrogen) atoms. The number of ether oxygens (including phenoxy) is 2. The predicted molar refractivity (Wildman–Crippen MR) is 31.7 cm³/mol. The van der Waals surface area contributed by atoms with Crippen molar-refractivity contribution in [3.05, 3.63) is 24.1 Å². The molecule has 0 radical (unpaired) electrons. The Labute approximate surface area is 52.3 Å². The van der Waals surface area contributed by atoms with Gasteiger partial charge in [-0.1, -0.05) is 0 Å². The van der Waals surface area contributed by atoms with Crippen LogP contribution >= 0.6 is 0 Å². The fourth-order valence-corrected chi connectivity index (χ4v) is 0.755. The highest BCUT2D eigenvalue weighted by Gasteiger charge is 2.20. The summed E-state index contributed by atoms with van der Waals surface area (Å²) in [6.45, 7) is 0. The largest absolute Gasteiger partial charge is 0.457 e. The smallest absolute Gasteiger partial charge is 0.284 e. The second-order valence-electron chi connectivity index (χ2n) is 1.76. The predicted octanol–water partition coefficient (Wildman–Crippen LogP) is 0.799. The van der Waals surface area contributed by atoms with Crippen LogP contribution in [0.2, 0.25) is 0 Å². The summed E-state index contributed by atoms with van der Waals surface area (Å²) in [7, 11) is 0. The van der Waals surface area contributed by atoms with Gasteiger partial charge in [0.15, 0.2) is 6.40 Å². The van der Waals surface area contributed by atoms with Crippen LogP contribution in [0.4, 0.5) is 0 Å². The van der Waals surface area contributed by atoms with E-state index in [0.29, 0.717) is 0 Å². The van der Waals surface area contributed by atoms with E-state index in [0.717, 1.165) is 5.70 Å². The lowest BCUT2D eigenvalue weighted by Gasteiger charge is -2.11. The van der Waals surface area contributed by atoms with E-state index in [1.54, 1.807) is 12.3 Å². The molecule has 2 rings (SSSR count). The van der Waals surface area contributed by atoms with Crippen LogP contribution in [0.5, 0.6) is 0 Å². The van der Waals surface area contributed by atoms with E-state index >= 15 is 0 Å². The third-order valence-corrected chi connectivity index (χ3v) is 1.18. The molecule has 0 aromatic heterocycles. The van der Waals surface area contributed by atoms with Crippen molar-refractivity contribution in [1.29, 1.82) is 0 Å². The zero-order valence-electron chi connectivity index (χ0n) is 4.65. The summed E-state index contributed by atoms with van der Waals surface area (Å²) >= 11 is 0. The van der Waals surface area contributed by atoms with E-state index in [1.807, 2.05) is 6.08 Å². The van der Waals surface area contributed by atoms with E-state index in [-0.39, 0.29) is 6.29 Å². The van der Waals surface area contributed by atoms with Crippen LogP contribution in [0.15, 0.2) is 29.1 Å². The van der Waals surface area contributed by atoms with Crippen LogP contribution in [0.3, 0.4) is 0 Å². The van der Waals surface area contributed by atoms with Gasteiger partial charge in [0.25, 0.3) is 6.29 Å². The molecule has 0 N–H and O–H groups in total. The fraction of sp³-hybridized carbons (Fsp3) is 0.167. The summed E-state index contributed by atoms with van der Waals surface area (Å²) in [6.07, 6.45) is 6.34. The minimum atomic E-state index is -0.282. The molecule has 0 spiro atoms. The Morgan fingerprint density at radius 2 is 2.44 bits per heavy atom. The van der Waals surface area contributed by atoms with Gasteiger partial charge in [0, 0.05) is 0 Å². The van der Waals surface area contributed by atoms with Crippen molar-refractivity contribution in [2.45, 2.75) is 6.29 Å². The first-order valence-corrected chi connectivity index (χ1v) is 2.67. The number of allylic oxidation sites excluding steroid dienone is 2. The van der Waals surface area contributed by atoms with Crippen molar-refractivity contribution < 1.29 is 9.47 Å². The second-order valence-corrected chi connectivity index (χ2v) is 1.76. The minimum Gasteiger partial charge on any atom is -0.457 e. The van der Waals surface area contributed by atoms with Gasteiger partial charge in [0.2, 0.25) is 0 Å². The maximum absolute atomic E-state index is 5.01. The van der Waals surface area contributed by atoms with Gasteiger partial charge < -0.3 is 9.47 Å². The zero-order valence-corrected chi connectivity index (χ0v) is 4.65. The summed E-state index contributed by atoms with van der Waals surface area (Å²) in [6, 6.07) is 0. The Morgan fingerprint density at radius 1 is 1.44 bits per heavy atom. The maximum Gasteiger partial charge on any atom is 0.284 e. The van der Waals surface area contributed by atoms with Gasteiger partial charge >= 0.3 is 0 Å². The number of aliphatic imine (C=N–C) groups is 1. The van der Waals surface area contributed by atoms with Crippen molar-refractivity contribution in [3.8, 4) is 0 Å². The lowest BCUT2D eigenvalue weighted by atomic mass is 10.3. The van der Waals surface area contributed by atoms with Gasteiger partial charge in [-0.3, -0.25) is 0 Å². The van der Waals surface area contributed by atoms with Crippen molar-refractivity contribution in [1.82, 2.24) is 0 Å². The lowest BCUT2D eigenvalue weighted by Crippen LogP contribution is -2.11. The van der Waals surface area contributed by atoms with Gasteiger partial charge in [0.05, 0.1) is 6.26 Å². The topological polar surface area (TPSA) is 30.8 Å². The SMILES string of the molecule is C1=COC2OC=NC2=C1. The third kappa shape index (κ3) is 0.614. The van der Waals surface area contributed by atoms with E-state index in [1.165, 1.54) is 6.40 Å². The highest BCUT2D eigenvalue weighted by molar-refractivity contribution is 5.54. The molecule has 0 aromatic carbocycles. The monoisotopic (exact) mass is 123 g/mol. The van der Waals surface area contributed by atoms with Crippen LogP contribution in [0, 0.1) is 0 Å². The Balaban J connectivity index is 2.31. The number of rotatable bonds is 0. The van der Waals surface area contributed by atoms with Gasteiger partial charge in [-0.05, 0) is 12.2 Å². The quantitative estimate of drug-likeness (QED) is 0.477. The van der Waals surface area contributed by atoms with Crippen molar-refractivity contribution in [3.63, 3.8) is 0 Å². The fourth-order valence-electron chi connectivity index (χ4n) is 0.755. The van der Waals surface area contributed by atoms with Gasteiger partial charge in [0.1, 0.15) is 5.70 Å². The van der Waals surface area contributed by atoms with Crippen LogP contribution in [0.25, 0.3) is 0 Å². The highest BCUT2D eigenvalue weighted by Crippen LogP contribution is 2.18. The highest BCUT2D eigenvalue weighted by atomic mass is 16.7. The molecule has 0 aromatic rings. The molecular weight excluding hydrogens is 118 g/mol. The summed E-state index contributed by atoms with van der Waals surface area (Å²) in [4.78, 5) is 3.90. The second kappa shape index (κ2) is 1.62. The standard InChI is InChI=1S/C6H5NO2/c1-2-5-6(8-3-1)9-4-7-5/h1-4,6H. The number of hydrogen-bond acceptors (Lipinski definition) is 3. The van der Waals surface area contributed by atoms with E-state index in [4.69, 9.17) is 9.47 Å². The Kier molecular flexibility index (Phi) is 0.828. The zero-order chi connectivity index (χ0) is 6.10. The van der Waals surface area contributed by atoms with Gasteiger partial charge in [-0.25, -0.2) is 4.99 Å². The molecule has 46 valence electrons. The molecule has 0 saturated heterocycles. The maximum atomic E-state index is 5.01. The molecule has 0 amide bonds. The number of fused-ring (bicyclic) bond motifs is 1. The molecule has 1 unspecified atom stereocenters. The Morgan fingerprint density at radius 3 is 3.33 bits per heavy atom. The average Bonchev–Trinajstić information content (AvgIpc) is 2.33. The minimum absolute atomic E-state index is 0.282. The van der Waals surface area contributed by atoms with Crippen LogP contribution in [-0.2, 0) is 9.47 Å². The summed E-state index contributed by atoms with van der Waals surface area (Å²) in [5.41, 5.74) is 0.831. The molecule has 0 bridgehead atoms. The molecule has 2 aliphatic rings. The third-order valence-electron chi connectivity index (χ3n) is 1.18. The van der Waals surface area contributed by atoms with Gasteiger partial charge in [-0.2, -0.15) is 0 Å². The first-order valence-electron chi connectivity index (χ1n) is 2.67. The van der Waals surface area contributed by atoms with E-state index < -0.39 is 0 Å². The van der Waals surface area contributed by atoms with Crippen molar-refractivity contribution >= 4 is 6.40 Å². The van der Waals surface area contributed by atoms with Crippen LogP contribution in [-0.4, -0.2) is 12.7 Å². The number of hydrogen-bond donors (Lipinski definition) is 0. The Bertz CT molecular complexity index is 205. The molecule has 0 saturated carbocycles. The molecular formula is C6H5NO2. The average molecular weight is 123 g/mol. The first-order chi connectivity index (χ1) is 4.47. The summed E-state index contributed by atoms with van der Waals surface area (Å²) < 4.78 is 9.93. The molecule has 3 nitrogen and oxygen atoms in total. The van der Waals surface area contributed by atoms with E-state index in [2.05, 4.69) is 4.99 Å². The van der Waals surface area contributed by atoms with Crippen molar-refractivity contribution in [2.24, 2.45) is 4.99 Å². The van der Waals surface area contributed by atoms with Crippen LogP contribution < -0.4 is 0 Å². The molecule has 3 heteroatoms. The number of nitrogens with zero attached hydrogens (tertiary/aromatic N) is 1. The summed E-state index contributed by atoms with van der Waals surface area (Å²) in [5.74, 6) is 0. The van der Waals surface area contributed by atoms with Crippen molar-refractivity contribution in [2.75, 3.05) is 0 Å². The van der Waals surface area contributed by atoms with Gasteiger partial charge in [-0.15, -0.1) is 0 Å². The lowest BCUT2D eigenvalue weighted by molar-refractivity contribution is 0.00404.